The number of rotatable bonds is 1. The Morgan fingerprint density at radius 1 is 1.35 bits per heavy atom. The van der Waals surface area contributed by atoms with Gasteiger partial charge in [-0.05, 0) is 12.1 Å². The lowest BCUT2D eigenvalue weighted by atomic mass is 9.95. The standard InChI is InChI=1S/C14H18N2O/c1-14(2,3)13(17)16-12-9-5-4-7-11(12)8-6-10-15/h4-5,7,9H,10,15H2,1-3H3,(H,16,17). The van der Waals surface area contributed by atoms with Gasteiger partial charge in [-0.15, -0.1) is 0 Å². The second kappa shape index (κ2) is 5.51. The van der Waals surface area contributed by atoms with Gasteiger partial charge in [0, 0.05) is 11.0 Å². The van der Waals surface area contributed by atoms with Crippen LogP contribution in [0.5, 0.6) is 0 Å². The van der Waals surface area contributed by atoms with Gasteiger partial charge in [0.25, 0.3) is 0 Å². The van der Waals surface area contributed by atoms with E-state index in [4.69, 9.17) is 5.73 Å². The fourth-order valence-electron chi connectivity index (χ4n) is 1.16. The molecule has 1 aromatic rings. The summed E-state index contributed by atoms with van der Waals surface area (Å²) in [6, 6.07) is 7.45. The second-order valence-electron chi connectivity index (χ2n) is 4.76. The summed E-state index contributed by atoms with van der Waals surface area (Å²) in [5.74, 6) is 5.70. The van der Waals surface area contributed by atoms with E-state index in [9.17, 15) is 4.79 Å². The second-order valence-corrected chi connectivity index (χ2v) is 4.76. The summed E-state index contributed by atoms with van der Waals surface area (Å²) in [5, 5.41) is 2.88. The molecule has 1 amide bonds. The molecule has 3 heteroatoms. The van der Waals surface area contributed by atoms with Crippen LogP contribution in [0.4, 0.5) is 5.69 Å². The van der Waals surface area contributed by atoms with Crippen LogP contribution >= 0.6 is 0 Å². The summed E-state index contributed by atoms with van der Waals surface area (Å²) in [6.07, 6.45) is 0. The lowest BCUT2D eigenvalue weighted by Crippen LogP contribution is -2.27. The Labute approximate surface area is 102 Å². The van der Waals surface area contributed by atoms with Gasteiger partial charge >= 0.3 is 0 Å². The molecule has 90 valence electrons. The number of para-hydroxylation sites is 1. The average molecular weight is 230 g/mol. The highest BCUT2D eigenvalue weighted by Gasteiger charge is 2.21. The van der Waals surface area contributed by atoms with Crippen molar-refractivity contribution in [2.45, 2.75) is 20.8 Å². The van der Waals surface area contributed by atoms with Crippen molar-refractivity contribution in [2.24, 2.45) is 11.1 Å². The third-order valence-corrected chi connectivity index (χ3v) is 2.18. The molecule has 0 radical (unpaired) electrons. The predicted octanol–water partition coefficient (Wildman–Crippen LogP) is 1.98. The van der Waals surface area contributed by atoms with Crippen molar-refractivity contribution < 1.29 is 4.79 Å². The molecule has 0 aliphatic rings. The normalized spacial score (nSPS) is 10.4. The molecule has 0 saturated heterocycles. The Bertz CT molecular complexity index is 461. The number of anilines is 1. The molecule has 1 aromatic carbocycles. The minimum Gasteiger partial charge on any atom is -0.325 e. The first-order valence-electron chi connectivity index (χ1n) is 5.54. The van der Waals surface area contributed by atoms with E-state index in [1.807, 2.05) is 45.0 Å². The van der Waals surface area contributed by atoms with Crippen LogP contribution in [0.15, 0.2) is 24.3 Å². The predicted molar refractivity (Wildman–Crippen MR) is 70.5 cm³/mol. The smallest absolute Gasteiger partial charge is 0.229 e. The van der Waals surface area contributed by atoms with Crippen LogP contribution in [0.1, 0.15) is 26.3 Å². The molecule has 0 aliphatic carbocycles. The molecule has 0 bridgehead atoms. The fraction of sp³-hybridized carbons (Fsp3) is 0.357. The first-order valence-corrected chi connectivity index (χ1v) is 5.54. The average Bonchev–Trinajstić information content (AvgIpc) is 2.26. The molecule has 0 aliphatic heterocycles. The van der Waals surface area contributed by atoms with E-state index < -0.39 is 5.41 Å². The largest absolute Gasteiger partial charge is 0.325 e. The molecule has 0 heterocycles. The molecular formula is C14H18N2O. The molecule has 0 unspecified atom stereocenters. The van der Waals surface area contributed by atoms with Gasteiger partial charge < -0.3 is 11.1 Å². The number of nitrogens with one attached hydrogen (secondary N) is 1. The SMILES string of the molecule is CC(C)(C)C(=O)Nc1ccccc1C#CCN. The summed E-state index contributed by atoms with van der Waals surface area (Å²) in [4.78, 5) is 11.9. The van der Waals surface area contributed by atoms with E-state index in [1.54, 1.807) is 0 Å². The van der Waals surface area contributed by atoms with Crippen molar-refractivity contribution >= 4 is 11.6 Å². The molecule has 0 fully saturated rings. The minimum absolute atomic E-state index is 0.0282. The zero-order valence-corrected chi connectivity index (χ0v) is 10.5. The van der Waals surface area contributed by atoms with Crippen molar-refractivity contribution in [3.63, 3.8) is 0 Å². The number of nitrogens with two attached hydrogens (primary N) is 1. The van der Waals surface area contributed by atoms with Crippen LogP contribution in [0.3, 0.4) is 0 Å². The van der Waals surface area contributed by atoms with Gasteiger partial charge in [-0.2, -0.15) is 0 Å². The number of hydrogen-bond acceptors (Lipinski definition) is 2. The molecule has 3 nitrogen and oxygen atoms in total. The molecule has 0 aromatic heterocycles. The zero-order chi connectivity index (χ0) is 12.9. The monoisotopic (exact) mass is 230 g/mol. The van der Waals surface area contributed by atoms with Gasteiger partial charge in [-0.25, -0.2) is 0 Å². The quantitative estimate of drug-likeness (QED) is 0.725. The summed E-state index contributed by atoms with van der Waals surface area (Å²) < 4.78 is 0. The van der Waals surface area contributed by atoms with Crippen molar-refractivity contribution in [3.8, 4) is 11.8 Å². The van der Waals surface area contributed by atoms with Gasteiger partial charge in [0.1, 0.15) is 0 Å². The maximum atomic E-state index is 11.9. The number of carbonyl (C=O) groups is 1. The summed E-state index contributed by atoms with van der Waals surface area (Å²) in [6.45, 7) is 5.92. The molecule has 17 heavy (non-hydrogen) atoms. The van der Waals surface area contributed by atoms with E-state index in [0.29, 0.717) is 6.54 Å². The van der Waals surface area contributed by atoms with Crippen LogP contribution in [0.2, 0.25) is 0 Å². The minimum atomic E-state index is -0.422. The number of amides is 1. The van der Waals surface area contributed by atoms with Crippen molar-refractivity contribution in [1.82, 2.24) is 0 Å². The van der Waals surface area contributed by atoms with E-state index >= 15 is 0 Å². The van der Waals surface area contributed by atoms with Gasteiger partial charge in [-0.1, -0.05) is 44.7 Å². The zero-order valence-electron chi connectivity index (χ0n) is 10.5. The maximum Gasteiger partial charge on any atom is 0.229 e. The van der Waals surface area contributed by atoms with E-state index in [1.165, 1.54) is 0 Å². The fourth-order valence-corrected chi connectivity index (χ4v) is 1.16. The molecule has 0 saturated carbocycles. The maximum absolute atomic E-state index is 11.9. The Hall–Kier alpha value is -1.79. The highest BCUT2D eigenvalue weighted by molar-refractivity contribution is 5.95. The lowest BCUT2D eigenvalue weighted by molar-refractivity contribution is -0.123. The van der Waals surface area contributed by atoms with Gasteiger partial charge in [-0.3, -0.25) is 4.79 Å². The van der Waals surface area contributed by atoms with Crippen LogP contribution in [-0.2, 0) is 4.79 Å². The molecule has 0 atom stereocenters. The van der Waals surface area contributed by atoms with Crippen molar-refractivity contribution in [2.75, 3.05) is 11.9 Å². The number of benzene rings is 1. The van der Waals surface area contributed by atoms with Gasteiger partial charge in [0.15, 0.2) is 0 Å². The highest BCUT2D eigenvalue weighted by atomic mass is 16.2. The van der Waals surface area contributed by atoms with E-state index in [0.717, 1.165) is 11.3 Å². The Kier molecular flexibility index (Phi) is 4.30. The van der Waals surface area contributed by atoms with E-state index in [-0.39, 0.29) is 5.91 Å². The van der Waals surface area contributed by atoms with Crippen molar-refractivity contribution in [1.29, 1.82) is 0 Å². The third-order valence-electron chi connectivity index (χ3n) is 2.18. The van der Waals surface area contributed by atoms with Crippen LogP contribution in [-0.4, -0.2) is 12.5 Å². The Morgan fingerprint density at radius 3 is 2.59 bits per heavy atom. The third kappa shape index (κ3) is 3.93. The topological polar surface area (TPSA) is 55.1 Å². The van der Waals surface area contributed by atoms with Crippen LogP contribution in [0, 0.1) is 17.3 Å². The Balaban J connectivity index is 2.95. The number of carbonyl (C=O) groups excluding carboxylic acids is 1. The van der Waals surface area contributed by atoms with Gasteiger partial charge in [0.2, 0.25) is 5.91 Å². The number of hydrogen-bond donors (Lipinski definition) is 2. The first kappa shape index (κ1) is 13.3. The summed E-state index contributed by atoms with van der Waals surface area (Å²) in [7, 11) is 0. The molecule has 1 rings (SSSR count). The summed E-state index contributed by atoms with van der Waals surface area (Å²) in [5.41, 5.74) is 6.43. The van der Waals surface area contributed by atoms with Crippen LogP contribution in [0.25, 0.3) is 0 Å². The summed E-state index contributed by atoms with van der Waals surface area (Å²) >= 11 is 0. The van der Waals surface area contributed by atoms with Gasteiger partial charge in [0.05, 0.1) is 12.2 Å². The van der Waals surface area contributed by atoms with Crippen molar-refractivity contribution in [3.05, 3.63) is 29.8 Å². The lowest BCUT2D eigenvalue weighted by Gasteiger charge is -2.18. The van der Waals surface area contributed by atoms with Crippen LogP contribution < -0.4 is 11.1 Å². The first-order chi connectivity index (χ1) is 7.95. The highest BCUT2D eigenvalue weighted by Crippen LogP contribution is 2.19. The molecule has 3 N–H and O–H groups in total. The Morgan fingerprint density at radius 2 is 2.00 bits per heavy atom. The molecular weight excluding hydrogens is 212 g/mol. The van der Waals surface area contributed by atoms with E-state index in [2.05, 4.69) is 17.2 Å². The molecule has 0 spiro atoms.